The first-order valence-corrected chi connectivity index (χ1v) is 14.9. The van der Waals surface area contributed by atoms with Gasteiger partial charge in [0, 0.05) is 5.69 Å². The molecule has 0 heterocycles. The Labute approximate surface area is 250 Å². The van der Waals surface area contributed by atoms with Crippen LogP contribution in [0.3, 0.4) is 0 Å². The number of aromatic carboxylic acids is 1. The van der Waals surface area contributed by atoms with Crippen LogP contribution in [-0.4, -0.2) is 46.7 Å². The maximum absolute atomic E-state index is 12.8. The molecular formula is C34H48N2O6. The van der Waals surface area contributed by atoms with E-state index in [0.29, 0.717) is 32.3 Å². The van der Waals surface area contributed by atoms with E-state index in [4.69, 9.17) is 4.74 Å². The maximum Gasteiger partial charge on any atom is 0.339 e. The van der Waals surface area contributed by atoms with Crippen LogP contribution in [0, 0.1) is 0 Å². The summed E-state index contributed by atoms with van der Waals surface area (Å²) in [4.78, 5) is 36.9. The molecule has 0 saturated heterocycles. The van der Waals surface area contributed by atoms with Gasteiger partial charge in [0.1, 0.15) is 23.5 Å². The predicted molar refractivity (Wildman–Crippen MR) is 170 cm³/mol. The molecule has 1 aromatic carbocycles. The molecule has 8 heteroatoms. The highest BCUT2D eigenvalue weighted by molar-refractivity contribution is 5.99. The summed E-state index contributed by atoms with van der Waals surface area (Å²) in [6.45, 7) is 6.26. The van der Waals surface area contributed by atoms with E-state index in [1.165, 1.54) is 18.2 Å². The number of hydrogen-bond acceptors (Lipinski definition) is 5. The van der Waals surface area contributed by atoms with Crippen molar-refractivity contribution in [3.8, 4) is 5.75 Å². The average Bonchev–Trinajstić information content (AvgIpc) is 2.97. The topological polar surface area (TPSA) is 125 Å². The number of benzene rings is 1. The zero-order valence-corrected chi connectivity index (χ0v) is 25.3. The van der Waals surface area contributed by atoms with Crippen molar-refractivity contribution in [2.75, 3.05) is 11.9 Å². The van der Waals surface area contributed by atoms with Crippen molar-refractivity contribution in [1.82, 2.24) is 5.32 Å². The lowest BCUT2D eigenvalue weighted by Gasteiger charge is -2.22. The van der Waals surface area contributed by atoms with Gasteiger partial charge in [-0.15, -0.1) is 0 Å². The van der Waals surface area contributed by atoms with Crippen LogP contribution in [-0.2, 0) is 14.3 Å². The Morgan fingerprint density at radius 2 is 1.40 bits per heavy atom. The summed E-state index contributed by atoms with van der Waals surface area (Å²) in [6.07, 6.45) is 27.6. The highest BCUT2D eigenvalue weighted by atomic mass is 16.5. The van der Waals surface area contributed by atoms with Crippen LogP contribution in [0.25, 0.3) is 0 Å². The fourth-order valence-corrected chi connectivity index (χ4v) is 3.86. The number of carbonyl (C=O) groups excluding carboxylic acids is 2. The summed E-state index contributed by atoms with van der Waals surface area (Å²) >= 11 is 0. The molecule has 8 nitrogen and oxygen atoms in total. The molecule has 2 amide bonds. The molecule has 0 spiro atoms. The average molecular weight is 581 g/mol. The van der Waals surface area contributed by atoms with Gasteiger partial charge in [0.2, 0.25) is 11.8 Å². The molecule has 0 aliphatic carbocycles. The Morgan fingerprint density at radius 3 is 1.93 bits per heavy atom. The van der Waals surface area contributed by atoms with Crippen molar-refractivity contribution in [2.24, 2.45) is 0 Å². The van der Waals surface area contributed by atoms with Gasteiger partial charge in [-0.25, -0.2) is 4.79 Å². The van der Waals surface area contributed by atoms with Crippen LogP contribution >= 0.6 is 0 Å². The lowest BCUT2D eigenvalue weighted by molar-refractivity contribution is -0.136. The standard InChI is InChI=1S/C34H48N2O6/c1-4-7-8-9-10-11-12-13-14-15-16-17-18-19-20-21-25-42-31(6-3)33(39)36-29(22-5-2)32(38)35-27-23-24-30(37)28(26-27)34(40)41/h7-8,10-11,13-14,16-17,19-20,23-24,26,29,31,37H,4-6,9,12,15,18,21-22,25H2,1-3H3,(H,35,38)(H,36,39)(H,40,41)/b8-7-,11-10-,14-13-,17-16-,20-19-. The van der Waals surface area contributed by atoms with Crippen molar-refractivity contribution in [3.05, 3.63) is 84.5 Å². The molecule has 0 bridgehead atoms. The molecule has 0 aliphatic rings. The lowest BCUT2D eigenvalue weighted by atomic mass is 10.1. The Morgan fingerprint density at radius 1 is 0.833 bits per heavy atom. The summed E-state index contributed by atoms with van der Waals surface area (Å²) in [5.41, 5.74) is -0.109. The van der Waals surface area contributed by atoms with Gasteiger partial charge in [-0.05, 0) is 69.6 Å². The molecule has 0 aromatic heterocycles. The van der Waals surface area contributed by atoms with E-state index >= 15 is 0 Å². The number of carbonyl (C=O) groups is 3. The first-order valence-electron chi connectivity index (χ1n) is 14.9. The van der Waals surface area contributed by atoms with Gasteiger partial charge in [-0.3, -0.25) is 9.59 Å². The van der Waals surface area contributed by atoms with Crippen molar-refractivity contribution in [1.29, 1.82) is 0 Å². The second kappa shape index (κ2) is 22.7. The minimum absolute atomic E-state index is 0.214. The molecule has 2 unspecified atom stereocenters. The van der Waals surface area contributed by atoms with Gasteiger partial charge in [-0.2, -0.15) is 0 Å². The highest BCUT2D eigenvalue weighted by Crippen LogP contribution is 2.21. The van der Waals surface area contributed by atoms with Gasteiger partial charge >= 0.3 is 5.97 Å². The molecule has 2 atom stereocenters. The Hall–Kier alpha value is -3.91. The zero-order valence-electron chi connectivity index (χ0n) is 25.3. The Kier molecular flexibility index (Phi) is 19.6. The fourth-order valence-electron chi connectivity index (χ4n) is 3.86. The van der Waals surface area contributed by atoms with E-state index in [0.717, 1.165) is 32.1 Å². The van der Waals surface area contributed by atoms with Crippen LogP contribution in [0.15, 0.2) is 79.0 Å². The number of phenols is 1. The van der Waals surface area contributed by atoms with E-state index in [9.17, 15) is 24.6 Å². The molecule has 4 N–H and O–H groups in total. The summed E-state index contributed by atoms with van der Waals surface area (Å²) < 4.78 is 5.78. The molecule has 0 radical (unpaired) electrons. The number of ether oxygens (including phenoxy) is 1. The monoisotopic (exact) mass is 580 g/mol. The molecule has 0 aliphatic heterocycles. The Balaban J connectivity index is 2.40. The van der Waals surface area contributed by atoms with Gasteiger partial charge < -0.3 is 25.6 Å². The van der Waals surface area contributed by atoms with Gasteiger partial charge in [0.25, 0.3) is 0 Å². The predicted octanol–water partition coefficient (Wildman–Crippen LogP) is 7.25. The third kappa shape index (κ3) is 15.8. The third-order valence-electron chi connectivity index (χ3n) is 6.13. The van der Waals surface area contributed by atoms with E-state index < -0.39 is 29.8 Å². The maximum atomic E-state index is 12.8. The lowest BCUT2D eigenvalue weighted by Crippen LogP contribution is -2.48. The molecule has 42 heavy (non-hydrogen) atoms. The molecular weight excluding hydrogens is 532 g/mol. The summed E-state index contributed by atoms with van der Waals surface area (Å²) in [5.74, 6) is -2.55. The minimum atomic E-state index is -1.31. The van der Waals surface area contributed by atoms with Crippen LogP contribution in [0.1, 0.15) is 88.9 Å². The fraction of sp³-hybridized carbons (Fsp3) is 0.441. The van der Waals surface area contributed by atoms with E-state index in [1.54, 1.807) is 0 Å². The Bertz CT molecular complexity index is 1100. The largest absolute Gasteiger partial charge is 0.507 e. The molecule has 1 aromatic rings. The first kappa shape index (κ1) is 36.1. The normalized spacial score (nSPS) is 13.5. The summed E-state index contributed by atoms with van der Waals surface area (Å²) in [7, 11) is 0. The second-order valence-electron chi connectivity index (χ2n) is 9.64. The van der Waals surface area contributed by atoms with E-state index in [-0.39, 0.29) is 17.2 Å². The van der Waals surface area contributed by atoms with Crippen LogP contribution in [0.5, 0.6) is 5.75 Å². The van der Waals surface area contributed by atoms with Gasteiger partial charge in [0.05, 0.1) is 6.61 Å². The third-order valence-corrected chi connectivity index (χ3v) is 6.13. The van der Waals surface area contributed by atoms with Gasteiger partial charge in [0.15, 0.2) is 0 Å². The smallest absolute Gasteiger partial charge is 0.339 e. The number of anilines is 1. The molecule has 1 rings (SSSR count). The quantitative estimate of drug-likeness (QED) is 0.0689. The molecule has 0 fully saturated rings. The van der Waals surface area contributed by atoms with E-state index in [2.05, 4.69) is 72.2 Å². The SMILES string of the molecule is CC/C=C\C/C=C\C/C=C\C/C=C\C/C=C\CCOC(CC)C(=O)NC(CCC)C(=O)Nc1ccc(O)c(C(=O)O)c1. The minimum Gasteiger partial charge on any atom is -0.507 e. The first-order chi connectivity index (χ1) is 20.3. The zero-order chi connectivity index (χ0) is 31.0. The summed E-state index contributed by atoms with van der Waals surface area (Å²) in [5, 5.41) is 24.2. The number of aromatic hydroxyl groups is 1. The number of allylic oxidation sites excluding steroid dienone is 9. The van der Waals surface area contributed by atoms with Crippen LogP contribution < -0.4 is 10.6 Å². The number of hydrogen-bond donors (Lipinski definition) is 4. The van der Waals surface area contributed by atoms with Crippen LogP contribution in [0.4, 0.5) is 5.69 Å². The highest BCUT2D eigenvalue weighted by Gasteiger charge is 2.25. The number of carboxylic acid groups (broad SMARTS) is 1. The van der Waals surface area contributed by atoms with Crippen molar-refractivity contribution < 1.29 is 29.3 Å². The number of rotatable bonds is 21. The number of amides is 2. The molecule has 0 saturated carbocycles. The number of carboxylic acids is 1. The summed E-state index contributed by atoms with van der Waals surface area (Å²) in [6, 6.07) is 2.96. The second-order valence-corrected chi connectivity index (χ2v) is 9.64. The van der Waals surface area contributed by atoms with Crippen molar-refractivity contribution in [2.45, 2.75) is 90.7 Å². The molecule has 230 valence electrons. The van der Waals surface area contributed by atoms with E-state index in [1.807, 2.05) is 19.9 Å². The van der Waals surface area contributed by atoms with Crippen LogP contribution in [0.2, 0.25) is 0 Å². The number of nitrogens with one attached hydrogen (secondary N) is 2. The van der Waals surface area contributed by atoms with Crippen molar-refractivity contribution in [3.63, 3.8) is 0 Å². The van der Waals surface area contributed by atoms with Gasteiger partial charge in [-0.1, -0.05) is 88.0 Å². The van der Waals surface area contributed by atoms with Crippen molar-refractivity contribution >= 4 is 23.5 Å².